The Bertz CT molecular complexity index is 558. The summed E-state index contributed by atoms with van der Waals surface area (Å²) in [6.45, 7) is 0.491. The van der Waals surface area contributed by atoms with Gasteiger partial charge in [0.1, 0.15) is 5.82 Å². The number of benzene rings is 1. The summed E-state index contributed by atoms with van der Waals surface area (Å²) in [4.78, 5) is 14.1. The zero-order valence-corrected chi connectivity index (χ0v) is 10.4. The lowest BCUT2D eigenvalue weighted by Crippen LogP contribution is -2.32. The van der Waals surface area contributed by atoms with Crippen LogP contribution in [0.2, 0.25) is 0 Å². The molecule has 0 radical (unpaired) electrons. The summed E-state index contributed by atoms with van der Waals surface area (Å²) >= 11 is 0. The molecule has 0 atom stereocenters. The Morgan fingerprint density at radius 3 is 2.58 bits per heavy atom. The van der Waals surface area contributed by atoms with Crippen LogP contribution >= 0.6 is 0 Å². The van der Waals surface area contributed by atoms with Crippen LogP contribution in [0.3, 0.4) is 0 Å². The maximum absolute atomic E-state index is 12.9. The van der Waals surface area contributed by atoms with E-state index >= 15 is 0 Å². The molecule has 1 saturated carbocycles. The molecule has 1 aromatic carbocycles. The lowest BCUT2D eigenvalue weighted by Gasteiger charge is -2.21. The lowest BCUT2D eigenvalue weighted by atomic mass is 10.2. The minimum atomic E-state index is -0.265. The van der Waals surface area contributed by atoms with Gasteiger partial charge in [0, 0.05) is 12.6 Å². The highest BCUT2D eigenvalue weighted by Crippen LogP contribution is 2.29. The van der Waals surface area contributed by atoms with Gasteiger partial charge in [-0.3, -0.25) is 4.79 Å². The van der Waals surface area contributed by atoms with Gasteiger partial charge in [-0.1, -0.05) is 12.1 Å². The van der Waals surface area contributed by atoms with Gasteiger partial charge < -0.3 is 9.32 Å². The molecule has 19 heavy (non-hydrogen) atoms. The second-order valence-electron chi connectivity index (χ2n) is 4.77. The van der Waals surface area contributed by atoms with E-state index in [0.717, 1.165) is 18.4 Å². The van der Waals surface area contributed by atoms with E-state index in [4.69, 9.17) is 4.42 Å². The molecule has 0 unspecified atom stereocenters. The summed E-state index contributed by atoms with van der Waals surface area (Å²) < 4.78 is 18.0. The van der Waals surface area contributed by atoms with Crippen LogP contribution in [0.4, 0.5) is 4.39 Å². The molecule has 1 aliphatic rings. The molecule has 1 fully saturated rings. The molecule has 0 bridgehead atoms. The van der Waals surface area contributed by atoms with Crippen molar-refractivity contribution in [3.05, 3.63) is 59.8 Å². The van der Waals surface area contributed by atoms with Crippen molar-refractivity contribution in [1.29, 1.82) is 0 Å². The third-order valence-electron chi connectivity index (χ3n) is 3.25. The summed E-state index contributed by atoms with van der Waals surface area (Å²) in [6, 6.07) is 9.90. The molecule has 4 heteroatoms. The van der Waals surface area contributed by atoms with Gasteiger partial charge >= 0.3 is 0 Å². The van der Waals surface area contributed by atoms with Gasteiger partial charge in [-0.05, 0) is 42.7 Å². The smallest absolute Gasteiger partial charge is 0.290 e. The van der Waals surface area contributed by atoms with Gasteiger partial charge in [0.15, 0.2) is 5.76 Å². The van der Waals surface area contributed by atoms with Crippen molar-refractivity contribution in [3.8, 4) is 0 Å². The zero-order valence-electron chi connectivity index (χ0n) is 10.4. The van der Waals surface area contributed by atoms with Crippen LogP contribution in [0, 0.1) is 5.82 Å². The van der Waals surface area contributed by atoms with E-state index in [-0.39, 0.29) is 17.8 Å². The van der Waals surface area contributed by atoms with Crippen molar-refractivity contribution in [2.45, 2.75) is 25.4 Å². The number of nitrogens with zero attached hydrogens (tertiary/aromatic N) is 1. The van der Waals surface area contributed by atoms with Crippen molar-refractivity contribution >= 4 is 5.91 Å². The van der Waals surface area contributed by atoms with E-state index in [1.54, 1.807) is 29.2 Å². The molecule has 2 aromatic rings. The molecule has 0 spiro atoms. The van der Waals surface area contributed by atoms with E-state index in [0.29, 0.717) is 12.3 Å². The minimum absolute atomic E-state index is 0.100. The first-order chi connectivity index (χ1) is 9.24. The summed E-state index contributed by atoms with van der Waals surface area (Å²) in [5, 5.41) is 0. The van der Waals surface area contributed by atoms with Crippen molar-refractivity contribution < 1.29 is 13.6 Å². The Morgan fingerprint density at radius 2 is 2.00 bits per heavy atom. The SMILES string of the molecule is O=C(c1ccco1)N(Cc1ccc(F)cc1)C1CC1. The predicted molar refractivity (Wildman–Crippen MR) is 68.0 cm³/mol. The first-order valence-electron chi connectivity index (χ1n) is 6.33. The number of rotatable bonds is 4. The summed E-state index contributed by atoms with van der Waals surface area (Å²) in [5.74, 6) is -0.00933. The topological polar surface area (TPSA) is 33.5 Å². The number of hydrogen-bond acceptors (Lipinski definition) is 2. The average Bonchev–Trinajstić information content (AvgIpc) is 3.11. The molecule has 0 N–H and O–H groups in total. The molecule has 98 valence electrons. The molecule has 1 aliphatic carbocycles. The van der Waals surface area contributed by atoms with E-state index in [2.05, 4.69) is 0 Å². The maximum Gasteiger partial charge on any atom is 0.290 e. The third-order valence-corrected chi connectivity index (χ3v) is 3.25. The number of carbonyl (C=O) groups is 1. The Kier molecular flexibility index (Phi) is 3.07. The summed E-state index contributed by atoms with van der Waals surface area (Å²) in [5.41, 5.74) is 0.924. The van der Waals surface area contributed by atoms with Crippen LogP contribution in [-0.4, -0.2) is 16.8 Å². The van der Waals surface area contributed by atoms with Crippen molar-refractivity contribution in [2.75, 3.05) is 0 Å². The number of amides is 1. The van der Waals surface area contributed by atoms with Crippen LogP contribution in [0.5, 0.6) is 0 Å². The molecule has 3 nitrogen and oxygen atoms in total. The third kappa shape index (κ3) is 2.67. The largest absolute Gasteiger partial charge is 0.459 e. The molecule has 1 amide bonds. The first kappa shape index (κ1) is 12.0. The average molecular weight is 259 g/mol. The van der Waals surface area contributed by atoms with E-state index < -0.39 is 0 Å². The highest BCUT2D eigenvalue weighted by atomic mass is 19.1. The van der Waals surface area contributed by atoms with Crippen molar-refractivity contribution in [2.24, 2.45) is 0 Å². The van der Waals surface area contributed by atoms with Gasteiger partial charge in [-0.2, -0.15) is 0 Å². The normalized spacial score (nSPS) is 14.4. The van der Waals surface area contributed by atoms with Crippen molar-refractivity contribution in [1.82, 2.24) is 4.90 Å². The molecule has 0 saturated heterocycles. The molecule has 3 rings (SSSR count). The summed E-state index contributed by atoms with van der Waals surface area (Å²) in [7, 11) is 0. The highest BCUT2D eigenvalue weighted by Gasteiger charge is 2.34. The fourth-order valence-electron chi connectivity index (χ4n) is 2.08. The molecular formula is C15H14FNO2. The van der Waals surface area contributed by atoms with E-state index in [1.165, 1.54) is 18.4 Å². The minimum Gasteiger partial charge on any atom is -0.459 e. The second-order valence-corrected chi connectivity index (χ2v) is 4.77. The van der Waals surface area contributed by atoms with Crippen molar-refractivity contribution in [3.63, 3.8) is 0 Å². The Morgan fingerprint density at radius 1 is 1.26 bits per heavy atom. The molecular weight excluding hydrogens is 245 g/mol. The number of furan rings is 1. The Labute approximate surface area is 110 Å². The Balaban J connectivity index is 1.78. The second kappa shape index (κ2) is 4.88. The van der Waals surface area contributed by atoms with Crippen LogP contribution in [0.15, 0.2) is 47.1 Å². The zero-order chi connectivity index (χ0) is 13.2. The lowest BCUT2D eigenvalue weighted by molar-refractivity contribution is 0.0697. The van der Waals surface area contributed by atoms with Crippen LogP contribution in [-0.2, 0) is 6.54 Å². The van der Waals surface area contributed by atoms with Gasteiger partial charge in [-0.15, -0.1) is 0 Å². The van der Waals surface area contributed by atoms with E-state index in [9.17, 15) is 9.18 Å². The van der Waals surface area contributed by atoms with Crippen LogP contribution < -0.4 is 0 Å². The van der Waals surface area contributed by atoms with Crippen LogP contribution in [0.25, 0.3) is 0 Å². The fraction of sp³-hybridized carbons (Fsp3) is 0.267. The molecule has 1 aromatic heterocycles. The molecule has 1 heterocycles. The van der Waals surface area contributed by atoms with Gasteiger partial charge in [-0.25, -0.2) is 4.39 Å². The van der Waals surface area contributed by atoms with Gasteiger partial charge in [0.05, 0.1) is 6.26 Å². The molecule has 0 aliphatic heterocycles. The quantitative estimate of drug-likeness (QED) is 0.844. The van der Waals surface area contributed by atoms with Gasteiger partial charge in [0.2, 0.25) is 0 Å². The first-order valence-corrected chi connectivity index (χ1v) is 6.33. The summed E-state index contributed by atoms with van der Waals surface area (Å²) in [6.07, 6.45) is 3.54. The van der Waals surface area contributed by atoms with E-state index in [1.807, 2.05) is 0 Å². The fourth-order valence-corrected chi connectivity index (χ4v) is 2.08. The number of carbonyl (C=O) groups excluding carboxylic acids is 1. The number of halogens is 1. The Hall–Kier alpha value is -2.10. The van der Waals surface area contributed by atoms with Gasteiger partial charge in [0.25, 0.3) is 5.91 Å². The monoisotopic (exact) mass is 259 g/mol. The standard InChI is InChI=1S/C15H14FNO2/c16-12-5-3-11(4-6-12)10-17(13-7-8-13)15(18)14-2-1-9-19-14/h1-6,9,13H,7-8,10H2. The number of hydrogen-bond donors (Lipinski definition) is 0. The maximum atomic E-state index is 12.9. The van der Waals surface area contributed by atoms with Crippen LogP contribution in [0.1, 0.15) is 29.0 Å². The highest BCUT2D eigenvalue weighted by molar-refractivity contribution is 5.91. The predicted octanol–water partition coefficient (Wildman–Crippen LogP) is 3.22.